The van der Waals surface area contributed by atoms with Gasteiger partial charge in [0.2, 0.25) is 0 Å². The van der Waals surface area contributed by atoms with Crippen molar-refractivity contribution in [2.24, 2.45) is 11.8 Å². The average molecular weight is 276 g/mol. The summed E-state index contributed by atoms with van der Waals surface area (Å²) >= 11 is 0. The summed E-state index contributed by atoms with van der Waals surface area (Å²) in [5.41, 5.74) is 2.56. The van der Waals surface area contributed by atoms with Crippen LogP contribution in [0.15, 0.2) is 30.3 Å². The molecule has 1 aromatic rings. The quantitative estimate of drug-likeness (QED) is 0.729. The zero-order chi connectivity index (χ0) is 14.4. The van der Waals surface area contributed by atoms with Crippen LogP contribution in [0.4, 0.5) is 4.39 Å². The molecule has 0 radical (unpaired) electrons. The lowest BCUT2D eigenvalue weighted by atomic mass is 9.77. The van der Waals surface area contributed by atoms with E-state index in [1.54, 1.807) is 12.1 Å². The minimum absolute atomic E-state index is 0.163. The Balaban J connectivity index is 2.25. The average Bonchev–Trinajstić information content (AvgIpc) is 2.49. The van der Waals surface area contributed by atoms with Crippen LogP contribution in [-0.2, 0) is 4.74 Å². The Hall–Kier alpha value is -1.15. The summed E-state index contributed by atoms with van der Waals surface area (Å²) in [7, 11) is 0. The predicted molar refractivity (Wildman–Crippen MR) is 82.0 cm³/mol. The molecule has 110 valence electrons. The molecule has 1 nitrogen and oxygen atoms in total. The standard InChI is InChI=1S/C18H25FO/c1-3-5-18(14-6-8-16(19)9-7-14)17(4-2)15-10-12-20-13-11-15/h5-9,15,17H,3-4,10-13H2,1-2H3. The van der Waals surface area contributed by atoms with E-state index in [0.29, 0.717) is 11.8 Å². The first kappa shape index (κ1) is 15.2. The van der Waals surface area contributed by atoms with Crippen LogP contribution in [0.3, 0.4) is 0 Å². The predicted octanol–water partition coefficient (Wildman–Crippen LogP) is 5.07. The van der Waals surface area contributed by atoms with Gasteiger partial charge in [0.15, 0.2) is 0 Å². The first-order chi connectivity index (χ1) is 9.76. The van der Waals surface area contributed by atoms with Crippen molar-refractivity contribution in [3.8, 4) is 0 Å². The number of rotatable bonds is 5. The van der Waals surface area contributed by atoms with Crippen LogP contribution in [-0.4, -0.2) is 13.2 Å². The van der Waals surface area contributed by atoms with Crippen LogP contribution in [0.25, 0.3) is 5.57 Å². The smallest absolute Gasteiger partial charge is 0.123 e. The maximum atomic E-state index is 13.1. The summed E-state index contributed by atoms with van der Waals surface area (Å²) in [6.45, 7) is 6.18. The zero-order valence-corrected chi connectivity index (χ0v) is 12.6. The van der Waals surface area contributed by atoms with Gasteiger partial charge in [0.1, 0.15) is 5.82 Å². The molecule has 0 aromatic heterocycles. The van der Waals surface area contributed by atoms with Gasteiger partial charge >= 0.3 is 0 Å². The Labute approximate surface area is 121 Å². The van der Waals surface area contributed by atoms with Gasteiger partial charge < -0.3 is 4.74 Å². The van der Waals surface area contributed by atoms with E-state index in [9.17, 15) is 4.39 Å². The van der Waals surface area contributed by atoms with Crippen molar-refractivity contribution in [3.63, 3.8) is 0 Å². The van der Waals surface area contributed by atoms with Crippen LogP contribution in [0.2, 0.25) is 0 Å². The maximum Gasteiger partial charge on any atom is 0.123 e. The molecule has 1 aromatic carbocycles. The number of benzene rings is 1. The Morgan fingerprint density at radius 1 is 1.25 bits per heavy atom. The summed E-state index contributed by atoms with van der Waals surface area (Å²) in [5.74, 6) is 1.09. The molecule has 0 amide bonds. The van der Waals surface area contributed by atoms with Gasteiger partial charge in [-0.25, -0.2) is 4.39 Å². The Morgan fingerprint density at radius 3 is 2.45 bits per heavy atom. The molecule has 1 unspecified atom stereocenters. The molecule has 1 fully saturated rings. The molecular weight excluding hydrogens is 251 g/mol. The monoisotopic (exact) mass is 276 g/mol. The lowest BCUT2D eigenvalue weighted by molar-refractivity contribution is 0.0545. The lowest BCUT2D eigenvalue weighted by Crippen LogP contribution is -2.24. The number of hydrogen-bond acceptors (Lipinski definition) is 1. The molecule has 1 atom stereocenters. The number of hydrogen-bond donors (Lipinski definition) is 0. The van der Waals surface area contributed by atoms with Crippen LogP contribution in [0, 0.1) is 17.7 Å². The van der Waals surface area contributed by atoms with E-state index >= 15 is 0 Å². The van der Waals surface area contributed by atoms with Crippen LogP contribution < -0.4 is 0 Å². The van der Waals surface area contributed by atoms with E-state index in [1.165, 1.54) is 11.1 Å². The van der Waals surface area contributed by atoms with Gasteiger partial charge in [-0.15, -0.1) is 0 Å². The Bertz CT molecular complexity index is 429. The van der Waals surface area contributed by atoms with Gasteiger partial charge in [-0.2, -0.15) is 0 Å². The fourth-order valence-electron chi connectivity index (χ4n) is 3.27. The third kappa shape index (κ3) is 3.69. The molecule has 1 aliphatic rings. The molecule has 20 heavy (non-hydrogen) atoms. The second-order valence-corrected chi connectivity index (χ2v) is 5.54. The van der Waals surface area contributed by atoms with Gasteiger partial charge in [0.05, 0.1) is 0 Å². The molecule has 1 saturated heterocycles. The van der Waals surface area contributed by atoms with Crippen LogP contribution in [0.1, 0.15) is 45.1 Å². The van der Waals surface area contributed by atoms with Crippen LogP contribution >= 0.6 is 0 Å². The SMILES string of the molecule is CCC=C(c1ccc(F)cc1)C(CC)C1CCOCC1. The Morgan fingerprint density at radius 2 is 1.90 bits per heavy atom. The minimum Gasteiger partial charge on any atom is -0.381 e. The maximum absolute atomic E-state index is 13.1. The molecule has 2 heteroatoms. The van der Waals surface area contributed by atoms with Gasteiger partial charge in [0.25, 0.3) is 0 Å². The van der Waals surface area contributed by atoms with Crippen molar-refractivity contribution in [3.05, 3.63) is 41.7 Å². The highest BCUT2D eigenvalue weighted by Crippen LogP contribution is 2.37. The molecule has 1 aliphatic heterocycles. The van der Waals surface area contributed by atoms with Gasteiger partial charge in [0, 0.05) is 13.2 Å². The first-order valence-electron chi connectivity index (χ1n) is 7.80. The van der Waals surface area contributed by atoms with E-state index < -0.39 is 0 Å². The fraction of sp³-hybridized carbons (Fsp3) is 0.556. The van der Waals surface area contributed by atoms with Gasteiger partial charge in [-0.05, 0) is 60.8 Å². The highest BCUT2D eigenvalue weighted by molar-refractivity contribution is 5.67. The second-order valence-electron chi connectivity index (χ2n) is 5.54. The number of allylic oxidation sites excluding steroid dienone is 2. The van der Waals surface area contributed by atoms with Crippen molar-refractivity contribution in [2.45, 2.75) is 39.5 Å². The Kier molecular flexibility index (Phi) is 5.78. The normalized spacial score (nSPS) is 19.1. The van der Waals surface area contributed by atoms with E-state index in [2.05, 4.69) is 19.9 Å². The fourth-order valence-corrected chi connectivity index (χ4v) is 3.27. The van der Waals surface area contributed by atoms with E-state index in [-0.39, 0.29) is 5.82 Å². The van der Waals surface area contributed by atoms with Crippen molar-refractivity contribution in [2.75, 3.05) is 13.2 Å². The van der Waals surface area contributed by atoms with E-state index in [4.69, 9.17) is 4.74 Å². The summed E-state index contributed by atoms with van der Waals surface area (Å²) in [6.07, 6.45) is 6.75. The molecule has 0 saturated carbocycles. The third-order valence-corrected chi connectivity index (χ3v) is 4.28. The topological polar surface area (TPSA) is 9.23 Å². The van der Waals surface area contributed by atoms with Crippen molar-refractivity contribution < 1.29 is 9.13 Å². The van der Waals surface area contributed by atoms with Crippen molar-refractivity contribution in [1.82, 2.24) is 0 Å². The number of halogens is 1. The van der Waals surface area contributed by atoms with Crippen molar-refractivity contribution >= 4 is 5.57 Å². The largest absolute Gasteiger partial charge is 0.381 e. The van der Waals surface area contributed by atoms with E-state index in [1.807, 2.05) is 12.1 Å². The van der Waals surface area contributed by atoms with Gasteiger partial charge in [-0.1, -0.05) is 32.1 Å². The highest BCUT2D eigenvalue weighted by atomic mass is 19.1. The van der Waals surface area contributed by atoms with Crippen molar-refractivity contribution in [1.29, 1.82) is 0 Å². The summed E-state index contributed by atoms with van der Waals surface area (Å²) in [6, 6.07) is 6.96. The highest BCUT2D eigenvalue weighted by Gasteiger charge is 2.26. The minimum atomic E-state index is -0.163. The van der Waals surface area contributed by atoms with E-state index in [0.717, 1.165) is 38.9 Å². The molecule has 0 spiro atoms. The number of ether oxygens (including phenoxy) is 1. The summed E-state index contributed by atoms with van der Waals surface area (Å²) < 4.78 is 18.6. The molecule has 0 bridgehead atoms. The molecular formula is C18H25FO. The van der Waals surface area contributed by atoms with Gasteiger partial charge in [-0.3, -0.25) is 0 Å². The zero-order valence-electron chi connectivity index (χ0n) is 12.6. The molecule has 1 heterocycles. The lowest BCUT2D eigenvalue weighted by Gasteiger charge is -2.32. The summed E-state index contributed by atoms with van der Waals surface area (Å²) in [5, 5.41) is 0. The summed E-state index contributed by atoms with van der Waals surface area (Å²) in [4.78, 5) is 0. The molecule has 0 aliphatic carbocycles. The molecule has 2 rings (SSSR count). The third-order valence-electron chi connectivity index (χ3n) is 4.28. The van der Waals surface area contributed by atoms with Crippen LogP contribution in [0.5, 0.6) is 0 Å². The first-order valence-corrected chi connectivity index (χ1v) is 7.80. The second kappa shape index (κ2) is 7.58. The molecule has 0 N–H and O–H groups in total.